The van der Waals surface area contributed by atoms with Crippen LogP contribution in [0.5, 0.6) is 0 Å². The Morgan fingerprint density at radius 1 is 1.35 bits per heavy atom. The maximum atomic E-state index is 12.1. The molecule has 1 amide bonds. The van der Waals surface area contributed by atoms with E-state index in [1.165, 1.54) is 14.9 Å². The van der Waals surface area contributed by atoms with Crippen molar-refractivity contribution in [2.75, 3.05) is 0 Å². The number of imidazole rings is 1. The highest BCUT2D eigenvalue weighted by atomic mass is 127. The number of aromatic nitrogens is 2. The Hall–Kier alpha value is -1.38. The third-order valence-electron chi connectivity index (χ3n) is 3.29. The second kappa shape index (κ2) is 7.02. The van der Waals surface area contributed by atoms with Crippen LogP contribution < -0.4 is 5.32 Å². The molecule has 2 heterocycles. The van der Waals surface area contributed by atoms with E-state index in [9.17, 15) is 4.79 Å². The molecular formula is C16H13ClIN3OS. The molecule has 2 aromatic heterocycles. The maximum absolute atomic E-state index is 12.1. The number of thiophene rings is 1. The third kappa shape index (κ3) is 3.76. The van der Waals surface area contributed by atoms with Crippen molar-refractivity contribution in [2.45, 2.75) is 13.5 Å². The van der Waals surface area contributed by atoms with Crippen molar-refractivity contribution < 1.29 is 4.79 Å². The molecule has 0 aliphatic rings. The summed E-state index contributed by atoms with van der Waals surface area (Å²) in [5.41, 5.74) is 1.86. The predicted octanol–water partition coefficient (Wildman–Crippen LogP) is 4.43. The Kier molecular flexibility index (Phi) is 5.03. The van der Waals surface area contributed by atoms with Gasteiger partial charge in [0.1, 0.15) is 10.7 Å². The summed E-state index contributed by atoms with van der Waals surface area (Å²) in [6.45, 7) is 2.31. The van der Waals surface area contributed by atoms with E-state index in [2.05, 4.69) is 45.0 Å². The number of hydrogen-bond donors (Lipinski definition) is 1. The van der Waals surface area contributed by atoms with E-state index in [0.29, 0.717) is 16.4 Å². The molecule has 7 heteroatoms. The first-order valence-corrected chi connectivity index (χ1v) is 9.20. The van der Waals surface area contributed by atoms with Crippen LogP contribution in [0.2, 0.25) is 5.02 Å². The smallest absolute Gasteiger partial charge is 0.263 e. The summed E-state index contributed by atoms with van der Waals surface area (Å²) >= 11 is 9.57. The van der Waals surface area contributed by atoms with Gasteiger partial charge in [0.15, 0.2) is 0 Å². The van der Waals surface area contributed by atoms with E-state index in [1.807, 2.05) is 29.8 Å². The first-order valence-electron chi connectivity index (χ1n) is 6.86. The SMILES string of the molecule is Cc1nc(CNC(=O)c2sccc2Cl)cn1-c1ccc(I)cc1. The number of halogens is 2. The van der Waals surface area contributed by atoms with Crippen LogP contribution in [0, 0.1) is 10.5 Å². The van der Waals surface area contributed by atoms with Crippen LogP contribution in [-0.4, -0.2) is 15.5 Å². The molecule has 0 aliphatic heterocycles. The van der Waals surface area contributed by atoms with Crippen molar-refractivity contribution in [3.8, 4) is 5.69 Å². The number of nitrogens with one attached hydrogen (secondary N) is 1. The number of hydrogen-bond acceptors (Lipinski definition) is 3. The van der Waals surface area contributed by atoms with E-state index in [0.717, 1.165) is 17.2 Å². The maximum Gasteiger partial charge on any atom is 0.263 e. The van der Waals surface area contributed by atoms with Crippen molar-refractivity contribution in [1.29, 1.82) is 0 Å². The topological polar surface area (TPSA) is 46.9 Å². The molecule has 4 nitrogen and oxygen atoms in total. The Bertz CT molecular complexity index is 841. The lowest BCUT2D eigenvalue weighted by molar-refractivity contribution is 0.0954. The van der Waals surface area contributed by atoms with E-state index >= 15 is 0 Å². The highest BCUT2D eigenvalue weighted by Gasteiger charge is 2.13. The van der Waals surface area contributed by atoms with Crippen LogP contribution in [0.4, 0.5) is 0 Å². The van der Waals surface area contributed by atoms with E-state index in [4.69, 9.17) is 11.6 Å². The molecule has 0 spiro atoms. The molecule has 0 bridgehead atoms. The van der Waals surface area contributed by atoms with Crippen LogP contribution >= 0.6 is 45.5 Å². The molecular weight excluding hydrogens is 445 g/mol. The molecule has 0 saturated heterocycles. The molecule has 3 aromatic rings. The fourth-order valence-corrected chi connectivity index (χ4v) is 3.60. The zero-order valence-corrected chi connectivity index (χ0v) is 15.9. The van der Waals surface area contributed by atoms with Gasteiger partial charge in [-0.1, -0.05) is 11.6 Å². The Balaban J connectivity index is 1.72. The van der Waals surface area contributed by atoms with Crippen LogP contribution in [0.3, 0.4) is 0 Å². The standard InChI is InChI=1S/C16H13ClIN3OS/c1-10-20-12(8-19-16(22)15-14(17)6-7-23-15)9-21(10)13-4-2-11(18)3-5-13/h2-7,9H,8H2,1H3,(H,19,22). The minimum absolute atomic E-state index is 0.175. The molecule has 0 aliphatic carbocycles. The Labute approximate surface area is 156 Å². The lowest BCUT2D eigenvalue weighted by Gasteiger charge is -2.04. The minimum Gasteiger partial charge on any atom is -0.346 e. The average Bonchev–Trinajstić information content (AvgIpc) is 3.12. The zero-order valence-electron chi connectivity index (χ0n) is 12.2. The van der Waals surface area contributed by atoms with Crippen molar-refractivity contribution in [2.24, 2.45) is 0 Å². The van der Waals surface area contributed by atoms with Crippen LogP contribution in [0.25, 0.3) is 5.69 Å². The van der Waals surface area contributed by atoms with Gasteiger partial charge in [-0.2, -0.15) is 0 Å². The summed E-state index contributed by atoms with van der Waals surface area (Å²) < 4.78 is 3.19. The zero-order chi connectivity index (χ0) is 16.4. The highest BCUT2D eigenvalue weighted by molar-refractivity contribution is 14.1. The number of carbonyl (C=O) groups excluding carboxylic acids is 1. The number of rotatable bonds is 4. The second-order valence-electron chi connectivity index (χ2n) is 4.91. The number of aryl methyl sites for hydroxylation is 1. The van der Waals surface area contributed by atoms with Gasteiger partial charge in [-0.05, 0) is 65.2 Å². The van der Waals surface area contributed by atoms with Crippen molar-refractivity contribution >= 4 is 51.4 Å². The van der Waals surface area contributed by atoms with E-state index in [-0.39, 0.29) is 5.91 Å². The third-order valence-corrected chi connectivity index (χ3v) is 5.35. The largest absolute Gasteiger partial charge is 0.346 e. The summed E-state index contributed by atoms with van der Waals surface area (Å²) in [4.78, 5) is 17.1. The monoisotopic (exact) mass is 457 g/mol. The summed E-state index contributed by atoms with van der Waals surface area (Å²) in [5.74, 6) is 0.705. The number of amides is 1. The molecule has 0 atom stereocenters. The lowest BCUT2D eigenvalue weighted by atomic mass is 10.3. The normalized spacial score (nSPS) is 10.7. The first kappa shape index (κ1) is 16.5. The van der Waals surface area contributed by atoms with Gasteiger partial charge < -0.3 is 9.88 Å². The van der Waals surface area contributed by atoms with Gasteiger partial charge in [0.2, 0.25) is 0 Å². The van der Waals surface area contributed by atoms with Gasteiger partial charge in [-0.3, -0.25) is 4.79 Å². The number of benzene rings is 1. The summed E-state index contributed by atoms with van der Waals surface area (Å²) in [6, 6.07) is 9.91. The van der Waals surface area contributed by atoms with Gasteiger partial charge in [0.05, 0.1) is 17.3 Å². The highest BCUT2D eigenvalue weighted by Crippen LogP contribution is 2.21. The first-order chi connectivity index (χ1) is 11.0. The molecule has 0 fully saturated rings. The van der Waals surface area contributed by atoms with Gasteiger partial charge in [0, 0.05) is 15.5 Å². The molecule has 118 valence electrons. The van der Waals surface area contributed by atoms with Crippen molar-refractivity contribution in [3.63, 3.8) is 0 Å². The number of nitrogens with zero attached hydrogens (tertiary/aromatic N) is 2. The van der Waals surface area contributed by atoms with E-state index in [1.54, 1.807) is 11.4 Å². The molecule has 3 rings (SSSR count). The second-order valence-corrected chi connectivity index (χ2v) is 7.48. The fourth-order valence-electron chi connectivity index (χ4n) is 2.19. The minimum atomic E-state index is -0.175. The molecule has 0 radical (unpaired) electrons. The fraction of sp³-hybridized carbons (Fsp3) is 0.125. The quantitative estimate of drug-likeness (QED) is 0.589. The molecule has 1 N–H and O–H groups in total. The average molecular weight is 458 g/mol. The van der Waals surface area contributed by atoms with E-state index < -0.39 is 0 Å². The van der Waals surface area contributed by atoms with Gasteiger partial charge in [0.25, 0.3) is 5.91 Å². The summed E-state index contributed by atoms with van der Waals surface area (Å²) in [7, 11) is 0. The van der Waals surface area contributed by atoms with Gasteiger partial charge in [-0.25, -0.2) is 4.98 Å². The Morgan fingerprint density at radius 2 is 2.09 bits per heavy atom. The van der Waals surface area contributed by atoms with Gasteiger partial charge >= 0.3 is 0 Å². The van der Waals surface area contributed by atoms with Crippen LogP contribution in [-0.2, 0) is 6.54 Å². The number of carbonyl (C=O) groups is 1. The summed E-state index contributed by atoms with van der Waals surface area (Å²) in [6.07, 6.45) is 1.94. The summed E-state index contributed by atoms with van der Waals surface area (Å²) in [5, 5.41) is 5.13. The van der Waals surface area contributed by atoms with Crippen molar-refractivity contribution in [1.82, 2.24) is 14.9 Å². The Morgan fingerprint density at radius 3 is 2.74 bits per heavy atom. The lowest BCUT2D eigenvalue weighted by Crippen LogP contribution is -2.22. The molecule has 1 aromatic carbocycles. The molecule has 23 heavy (non-hydrogen) atoms. The van der Waals surface area contributed by atoms with Crippen molar-refractivity contribution in [3.05, 3.63) is 66.9 Å². The van der Waals surface area contributed by atoms with Crippen LogP contribution in [0.1, 0.15) is 21.2 Å². The van der Waals surface area contributed by atoms with Crippen LogP contribution in [0.15, 0.2) is 41.9 Å². The molecule has 0 unspecified atom stereocenters. The van der Waals surface area contributed by atoms with Gasteiger partial charge in [-0.15, -0.1) is 11.3 Å². The molecule has 0 saturated carbocycles. The predicted molar refractivity (Wildman–Crippen MR) is 102 cm³/mol.